The number of nitrogens with two attached hydrogens (primary N) is 1. The normalized spacial score (nSPS) is 13.7. The van der Waals surface area contributed by atoms with Crippen molar-refractivity contribution >= 4 is 15.9 Å². The zero-order chi connectivity index (χ0) is 13.8. The van der Waals surface area contributed by atoms with Crippen LogP contribution in [-0.2, 0) is 0 Å². The van der Waals surface area contributed by atoms with Crippen molar-refractivity contribution in [2.24, 2.45) is 5.84 Å². The number of hydrazine groups is 1. The number of halogens is 4. The lowest BCUT2D eigenvalue weighted by Crippen LogP contribution is -2.28. The van der Waals surface area contributed by atoms with Gasteiger partial charge in [0.25, 0.3) is 0 Å². The Hall–Kier alpha value is -0.590. The molecule has 102 valence electrons. The Morgan fingerprint density at radius 2 is 2.06 bits per heavy atom. The van der Waals surface area contributed by atoms with Crippen molar-refractivity contribution in [1.82, 2.24) is 5.43 Å². The van der Waals surface area contributed by atoms with E-state index in [0.717, 1.165) is 15.6 Å². The van der Waals surface area contributed by atoms with E-state index in [2.05, 4.69) is 21.4 Å². The van der Waals surface area contributed by atoms with Crippen molar-refractivity contribution in [2.75, 3.05) is 0 Å². The third-order valence-electron chi connectivity index (χ3n) is 2.75. The van der Waals surface area contributed by atoms with E-state index >= 15 is 0 Å². The van der Waals surface area contributed by atoms with Crippen LogP contribution in [0.25, 0.3) is 0 Å². The molecule has 0 fully saturated rings. The molecule has 0 aliphatic rings. The van der Waals surface area contributed by atoms with Crippen LogP contribution in [0.2, 0.25) is 0 Å². The Labute approximate surface area is 113 Å². The van der Waals surface area contributed by atoms with E-state index < -0.39 is 12.6 Å². The highest BCUT2D eigenvalue weighted by atomic mass is 79.9. The molecule has 0 bridgehead atoms. The minimum atomic E-state index is -4.11. The fourth-order valence-electron chi connectivity index (χ4n) is 1.77. The van der Waals surface area contributed by atoms with Gasteiger partial charge >= 0.3 is 6.18 Å². The fourth-order valence-corrected chi connectivity index (χ4v) is 2.32. The molecule has 0 radical (unpaired) electrons. The summed E-state index contributed by atoms with van der Waals surface area (Å²) in [7, 11) is 0. The largest absolute Gasteiger partial charge is 0.389 e. The Morgan fingerprint density at radius 1 is 1.39 bits per heavy atom. The molecule has 18 heavy (non-hydrogen) atoms. The van der Waals surface area contributed by atoms with Crippen molar-refractivity contribution in [2.45, 2.75) is 38.4 Å². The van der Waals surface area contributed by atoms with Crippen molar-refractivity contribution < 1.29 is 13.2 Å². The maximum absolute atomic E-state index is 12.1. The van der Waals surface area contributed by atoms with Crippen molar-refractivity contribution in [3.05, 3.63) is 33.8 Å². The Morgan fingerprint density at radius 3 is 2.61 bits per heavy atom. The molecule has 2 nitrogen and oxygen atoms in total. The van der Waals surface area contributed by atoms with Gasteiger partial charge < -0.3 is 0 Å². The molecule has 1 atom stereocenters. The first-order chi connectivity index (χ1) is 8.35. The quantitative estimate of drug-likeness (QED) is 0.634. The summed E-state index contributed by atoms with van der Waals surface area (Å²) in [6.45, 7) is 1.93. The summed E-state index contributed by atoms with van der Waals surface area (Å²) in [4.78, 5) is 0. The maximum Gasteiger partial charge on any atom is 0.389 e. The average molecular weight is 325 g/mol. The summed E-state index contributed by atoms with van der Waals surface area (Å²) >= 11 is 3.44. The van der Waals surface area contributed by atoms with Gasteiger partial charge in [-0.05, 0) is 30.9 Å². The van der Waals surface area contributed by atoms with Gasteiger partial charge in [-0.15, -0.1) is 0 Å². The number of hydrogen-bond acceptors (Lipinski definition) is 2. The zero-order valence-electron chi connectivity index (χ0n) is 10.0. The monoisotopic (exact) mass is 324 g/mol. The molecule has 0 heterocycles. The van der Waals surface area contributed by atoms with E-state index in [9.17, 15) is 13.2 Å². The van der Waals surface area contributed by atoms with Crippen LogP contribution < -0.4 is 11.3 Å². The molecule has 0 aromatic heterocycles. The minimum absolute atomic E-state index is 0.0543. The van der Waals surface area contributed by atoms with Crippen LogP contribution in [0.4, 0.5) is 13.2 Å². The number of nitrogens with one attached hydrogen (secondary N) is 1. The Kier molecular flexibility index (Phi) is 5.62. The molecule has 0 aliphatic heterocycles. The number of rotatable bonds is 5. The first-order valence-corrected chi connectivity index (χ1v) is 6.42. The van der Waals surface area contributed by atoms with Crippen LogP contribution in [0.3, 0.4) is 0 Å². The summed E-state index contributed by atoms with van der Waals surface area (Å²) < 4.78 is 37.2. The van der Waals surface area contributed by atoms with E-state index in [1.807, 2.05) is 25.1 Å². The molecule has 1 aromatic rings. The number of benzene rings is 1. The van der Waals surface area contributed by atoms with Crippen LogP contribution in [0.1, 0.15) is 36.4 Å². The van der Waals surface area contributed by atoms with E-state index in [0.29, 0.717) is 6.42 Å². The Balaban J connectivity index is 2.69. The van der Waals surface area contributed by atoms with Gasteiger partial charge in [0.15, 0.2) is 0 Å². The van der Waals surface area contributed by atoms with Crippen molar-refractivity contribution in [3.63, 3.8) is 0 Å². The van der Waals surface area contributed by atoms with Crippen molar-refractivity contribution in [1.29, 1.82) is 0 Å². The second-order valence-electron chi connectivity index (χ2n) is 4.20. The molecule has 3 N–H and O–H groups in total. The molecule has 0 amide bonds. The molecular formula is C12H16BrF3N2. The fraction of sp³-hybridized carbons (Fsp3) is 0.500. The van der Waals surface area contributed by atoms with Crippen molar-refractivity contribution in [3.8, 4) is 0 Å². The molecule has 1 unspecified atom stereocenters. The maximum atomic E-state index is 12.1. The van der Waals surface area contributed by atoms with Gasteiger partial charge in [-0.2, -0.15) is 13.2 Å². The lowest BCUT2D eigenvalue weighted by atomic mass is 10.00. The number of alkyl halides is 3. The molecule has 1 rings (SSSR count). The second kappa shape index (κ2) is 6.54. The molecule has 0 saturated carbocycles. The summed E-state index contributed by atoms with van der Waals surface area (Å²) in [6, 6.07) is 5.37. The summed E-state index contributed by atoms with van der Waals surface area (Å²) in [5.41, 5.74) is 4.49. The highest BCUT2D eigenvalue weighted by Gasteiger charge is 2.27. The first kappa shape index (κ1) is 15.5. The van der Waals surface area contributed by atoms with E-state index in [-0.39, 0.29) is 12.5 Å². The van der Waals surface area contributed by atoms with Crippen LogP contribution in [-0.4, -0.2) is 6.18 Å². The predicted octanol–water partition coefficient (Wildman–Crippen LogP) is 3.99. The predicted molar refractivity (Wildman–Crippen MR) is 68.8 cm³/mol. The van der Waals surface area contributed by atoms with Crippen LogP contribution in [0, 0.1) is 6.92 Å². The number of hydrogen-bond donors (Lipinski definition) is 2. The number of aryl methyl sites for hydroxylation is 1. The van der Waals surface area contributed by atoms with Gasteiger partial charge in [-0.3, -0.25) is 11.3 Å². The van der Waals surface area contributed by atoms with Crippen LogP contribution >= 0.6 is 15.9 Å². The molecule has 0 spiro atoms. The van der Waals surface area contributed by atoms with Gasteiger partial charge in [0.05, 0.1) is 0 Å². The lowest BCUT2D eigenvalue weighted by molar-refractivity contribution is -0.135. The zero-order valence-corrected chi connectivity index (χ0v) is 11.6. The summed E-state index contributed by atoms with van der Waals surface area (Å²) in [5.74, 6) is 5.42. The minimum Gasteiger partial charge on any atom is -0.271 e. The standard InChI is InChI=1S/C12H16BrF3N2/c1-8-4-2-5-9(11(8)13)10(18-17)6-3-7-12(14,15)16/h2,4-5,10,18H,3,6-7,17H2,1H3. The average Bonchev–Trinajstić information content (AvgIpc) is 2.27. The third-order valence-corrected chi connectivity index (χ3v) is 3.83. The van der Waals surface area contributed by atoms with E-state index in [1.54, 1.807) is 0 Å². The highest BCUT2D eigenvalue weighted by Crippen LogP contribution is 2.31. The van der Waals surface area contributed by atoms with Gasteiger partial charge in [0, 0.05) is 16.9 Å². The van der Waals surface area contributed by atoms with E-state index in [4.69, 9.17) is 5.84 Å². The molecular weight excluding hydrogens is 309 g/mol. The lowest BCUT2D eigenvalue weighted by Gasteiger charge is -2.19. The van der Waals surface area contributed by atoms with Gasteiger partial charge in [0.2, 0.25) is 0 Å². The van der Waals surface area contributed by atoms with Gasteiger partial charge in [-0.25, -0.2) is 0 Å². The highest BCUT2D eigenvalue weighted by molar-refractivity contribution is 9.10. The first-order valence-electron chi connectivity index (χ1n) is 5.63. The smallest absolute Gasteiger partial charge is 0.271 e. The Bertz CT molecular complexity index is 393. The third kappa shape index (κ3) is 4.59. The van der Waals surface area contributed by atoms with Gasteiger partial charge in [-0.1, -0.05) is 34.1 Å². The second-order valence-corrected chi connectivity index (χ2v) is 5.00. The van der Waals surface area contributed by atoms with Crippen LogP contribution in [0.5, 0.6) is 0 Å². The topological polar surface area (TPSA) is 38.0 Å². The summed E-state index contributed by atoms with van der Waals surface area (Å²) in [5, 5.41) is 0. The van der Waals surface area contributed by atoms with Gasteiger partial charge in [0.1, 0.15) is 0 Å². The molecule has 1 aromatic carbocycles. The summed E-state index contributed by atoms with van der Waals surface area (Å²) in [6.07, 6.45) is -4.49. The SMILES string of the molecule is Cc1cccc(C(CCCC(F)(F)F)NN)c1Br. The van der Waals surface area contributed by atoms with E-state index in [1.165, 1.54) is 0 Å². The molecule has 0 aliphatic carbocycles. The molecule has 6 heteroatoms. The van der Waals surface area contributed by atoms with Crippen LogP contribution in [0.15, 0.2) is 22.7 Å². The molecule has 0 saturated heterocycles.